The number of hydrogen-bond acceptors (Lipinski definition) is 1. The highest BCUT2D eigenvalue weighted by Crippen LogP contribution is 2.32. The summed E-state index contributed by atoms with van der Waals surface area (Å²) in [5.41, 5.74) is 10.7. The van der Waals surface area contributed by atoms with Gasteiger partial charge in [0.05, 0.1) is 6.04 Å². The lowest BCUT2D eigenvalue weighted by molar-refractivity contribution is 0.862. The summed E-state index contributed by atoms with van der Waals surface area (Å²) in [6.07, 6.45) is 0. The van der Waals surface area contributed by atoms with Crippen LogP contribution in [0, 0.1) is 13.8 Å². The largest absolute Gasteiger partial charge is 0.320 e. The van der Waals surface area contributed by atoms with Crippen LogP contribution in [0.1, 0.15) is 28.3 Å². The number of benzene rings is 2. The molecule has 0 aliphatic carbocycles. The average molecular weight is 404 g/mol. The van der Waals surface area contributed by atoms with Gasteiger partial charge in [0, 0.05) is 14.0 Å². The minimum absolute atomic E-state index is 0.205. The Bertz CT molecular complexity index is 606. The van der Waals surface area contributed by atoms with E-state index >= 15 is 0 Å². The first kappa shape index (κ1) is 15.0. The Kier molecular flexibility index (Phi) is 4.72. The molecule has 0 radical (unpaired) electrons. The van der Waals surface area contributed by atoms with E-state index in [-0.39, 0.29) is 6.04 Å². The molecule has 0 saturated heterocycles. The van der Waals surface area contributed by atoms with Crippen LogP contribution in [-0.4, -0.2) is 0 Å². The molecule has 1 atom stereocenters. The van der Waals surface area contributed by atoms with Crippen molar-refractivity contribution in [1.29, 1.82) is 0 Å². The molecule has 0 heterocycles. The van der Waals surface area contributed by atoms with Crippen LogP contribution in [0.25, 0.3) is 0 Å². The van der Waals surface area contributed by atoms with E-state index < -0.39 is 0 Å². The molecule has 0 saturated carbocycles. The van der Waals surface area contributed by atoms with Gasteiger partial charge in [0.2, 0.25) is 0 Å². The van der Waals surface area contributed by atoms with Crippen LogP contribution in [0.15, 0.2) is 39.3 Å². The summed E-state index contributed by atoms with van der Waals surface area (Å²) >= 11 is 13.2. The molecule has 1 unspecified atom stereocenters. The van der Waals surface area contributed by atoms with Crippen LogP contribution in [0.4, 0.5) is 0 Å². The van der Waals surface area contributed by atoms with E-state index in [1.165, 1.54) is 5.56 Å². The van der Waals surface area contributed by atoms with Crippen LogP contribution in [0.2, 0.25) is 5.02 Å². The number of hydrogen-bond donors (Lipinski definition) is 1. The van der Waals surface area contributed by atoms with Gasteiger partial charge in [-0.25, -0.2) is 0 Å². The highest BCUT2D eigenvalue weighted by atomic mass is 79.9. The molecule has 100 valence electrons. The predicted molar refractivity (Wildman–Crippen MR) is 88.8 cm³/mol. The topological polar surface area (TPSA) is 26.0 Å². The van der Waals surface area contributed by atoms with Crippen molar-refractivity contribution in [2.45, 2.75) is 19.9 Å². The van der Waals surface area contributed by atoms with Crippen LogP contribution < -0.4 is 5.73 Å². The van der Waals surface area contributed by atoms with Gasteiger partial charge in [-0.05, 0) is 60.4 Å². The Hall–Kier alpha value is -0.350. The van der Waals surface area contributed by atoms with E-state index in [4.69, 9.17) is 17.3 Å². The summed E-state index contributed by atoms with van der Waals surface area (Å²) in [4.78, 5) is 0. The molecule has 0 amide bonds. The van der Waals surface area contributed by atoms with Crippen molar-refractivity contribution < 1.29 is 0 Å². The van der Waals surface area contributed by atoms with Gasteiger partial charge in [0.1, 0.15) is 0 Å². The Morgan fingerprint density at radius 3 is 2.32 bits per heavy atom. The summed E-state index contributed by atoms with van der Waals surface area (Å²) < 4.78 is 2.07. The van der Waals surface area contributed by atoms with Crippen molar-refractivity contribution in [3.8, 4) is 0 Å². The first-order chi connectivity index (χ1) is 8.88. The summed E-state index contributed by atoms with van der Waals surface area (Å²) in [5.74, 6) is 0. The van der Waals surface area contributed by atoms with Crippen LogP contribution in [-0.2, 0) is 0 Å². The zero-order chi connectivity index (χ0) is 14.2. The maximum Gasteiger partial charge on any atom is 0.0563 e. The Balaban J connectivity index is 2.49. The molecular formula is C15H14Br2ClN. The highest BCUT2D eigenvalue weighted by molar-refractivity contribution is 9.11. The second kappa shape index (κ2) is 5.96. The summed E-state index contributed by atoms with van der Waals surface area (Å²) in [6, 6.07) is 9.83. The Morgan fingerprint density at radius 1 is 1.00 bits per heavy atom. The van der Waals surface area contributed by atoms with Gasteiger partial charge in [-0.15, -0.1) is 0 Å². The fourth-order valence-corrected chi connectivity index (χ4v) is 3.39. The lowest BCUT2D eigenvalue weighted by atomic mass is 9.97. The highest BCUT2D eigenvalue weighted by Gasteiger charge is 2.14. The third-order valence-corrected chi connectivity index (χ3v) is 4.80. The molecule has 0 aromatic heterocycles. The Morgan fingerprint density at radius 2 is 1.68 bits per heavy atom. The van der Waals surface area contributed by atoms with Gasteiger partial charge in [-0.2, -0.15) is 0 Å². The molecular weight excluding hydrogens is 389 g/mol. The SMILES string of the molecule is Cc1cc(Cl)cc(C(N)c2cc(Br)c(C)cc2Br)c1. The summed E-state index contributed by atoms with van der Waals surface area (Å²) in [6.45, 7) is 4.07. The molecule has 0 fully saturated rings. The third kappa shape index (κ3) is 3.40. The molecule has 2 aromatic rings. The molecule has 4 heteroatoms. The van der Waals surface area contributed by atoms with Gasteiger partial charge in [-0.3, -0.25) is 0 Å². The van der Waals surface area contributed by atoms with E-state index in [2.05, 4.69) is 50.1 Å². The van der Waals surface area contributed by atoms with Crippen molar-refractivity contribution in [1.82, 2.24) is 0 Å². The minimum Gasteiger partial charge on any atom is -0.320 e. The fraction of sp³-hybridized carbons (Fsp3) is 0.200. The lowest BCUT2D eigenvalue weighted by Gasteiger charge is -2.17. The molecule has 2 rings (SSSR count). The minimum atomic E-state index is -0.205. The van der Waals surface area contributed by atoms with Crippen molar-refractivity contribution in [2.24, 2.45) is 5.73 Å². The smallest absolute Gasteiger partial charge is 0.0563 e. The molecule has 0 bridgehead atoms. The third-order valence-electron chi connectivity index (χ3n) is 3.04. The van der Waals surface area contributed by atoms with E-state index in [0.717, 1.165) is 25.6 Å². The molecule has 2 N–H and O–H groups in total. The maximum atomic E-state index is 6.36. The van der Waals surface area contributed by atoms with Crippen molar-refractivity contribution in [3.05, 3.63) is 66.6 Å². The summed E-state index contributed by atoms with van der Waals surface area (Å²) in [7, 11) is 0. The van der Waals surface area contributed by atoms with Crippen molar-refractivity contribution in [2.75, 3.05) is 0 Å². The van der Waals surface area contributed by atoms with E-state index in [1.54, 1.807) is 0 Å². The maximum absolute atomic E-state index is 6.36. The Labute approximate surface area is 135 Å². The van der Waals surface area contributed by atoms with Gasteiger partial charge >= 0.3 is 0 Å². The molecule has 0 aliphatic heterocycles. The van der Waals surface area contributed by atoms with Gasteiger partial charge in [0.25, 0.3) is 0 Å². The first-order valence-corrected chi connectivity index (χ1v) is 7.83. The molecule has 0 spiro atoms. The fourth-order valence-electron chi connectivity index (χ4n) is 2.02. The van der Waals surface area contributed by atoms with Crippen LogP contribution in [0.3, 0.4) is 0 Å². The van der Waals surface area contributed by atoms with Crippen LogP contribution >= 0.6 is 43.5 Å². The molecule has 19 heavy (non-hydrogen) atoms. The zero-order valence-electron chi connectivity index (χ0n) is 10.7. The standard InChI is InChI=1S/C15H14Br2ClN/c1-8-3-10(6-11(18)4-8)15(19)12-7-13(16)9(2)5-14(12)17/h3-7,15H,19H2,1-2H3. The van der Waals surface area contributed by atoms with E-state index in [0.29, 0.717) is 5.02 Å². The predicted octanol–water partition coefficient (Wildman–Crippen LogP) is 5.53. The molecule has 0 aliphatic rings. The second-order valence-electron chi connectivity index (χ2n) is 4.66. The number of aryl methyl sites for hydroxylation is 2. The van der Waals surface area contributed by atoms with Crippen molar-refractivity contribution >= 4 is 43.5 Å². The van der Waals surface area contributed by atoms with Gasteiger partial charge < -0.3 is 5.73 Å². The van der Waals surface area contributed by atoms with E-state index in [1.807, 2.05) is 26.0 Å². The number of nitrogens with two attached hydrogens (primary N) is 1. The van der Waals surface area contributed by atoms with Crippen molar-refractivity contribution in [3.63, 3.8) is 0 Å². The first-order valence-electron chi connectivity index (χ1n) is 5.86. The van der Waals surface area contributed by atoms with Gasteiger partial charge in [-0.1, -0.05) is 49.5 Å². The lowest BCUT2D eigenvalue weighted by Crippen LogP contribution is -2.13. The number of rotatable bonds is 2. The quantitative estimate of drug-likeness (QED) is 0.701. The zero-order valence-corrected chi connectivity index (χ0v) is 14.6. The molecule has 1 nitrogen and oxygen atoms in total. The van der Waals surface area contributed by atoms with Gasteiger partial charge in [0.15, 0.2) is 0 Å². The summed E-state index contributed by atoms with van der Waals surface area (Å²) in [5, 5.41) is 0.716. The normalized spacial score (nSPS) is 12.5. The molecule has 2 aromatic carbocycles. The average Bonchev–Trinajstić information content (AvgIpc) is 2.31. The second-order valence-corrected chi connectivity index (χ2v) is 6.81. The van der Waals surface area contributed by atoms with E-state index in [9.17, 15) is 0 Å². The van der Waals surface area contributed by atoms with Crippen LogP contribution in [0.5, 0.6) is 0 Å². The monoisotopic (exact) mass is 401 g/mol. The number of halogens is 3.